The van der Waals surface area contributed by atoms with Crippen molar-refractivity contribution < 1.29 is 17.8 Å². The lowest BCUT2D eigenvalue weighted by Gasteiger charge is -2.12. The molecule has 8 heteroatoms. The number of benzene rings is 1. The topological polar surface area (TPSA) is 103 Å². The monoisotopic (exact) mass is 387 g/mol. The van der Waals surface area contributed by atoms with Crippen LogP contribution < -0.4 is 4.90 Å². The number of hydrogen-bond donors (Lipinski definition) is 2. The number of Topliss-reactive ketones (excluding diaryl/α,β-unsaturated/α-hetero) is 1. The maximum Gasteiger partial charge on any atom is 0.264 e. The number of aromatic nitrogens is 2. The molecular weight excluding hydrogens is 366 g/mol. The second-order valence-corrected chi connectivity index (χ2v) is 8.15. The van der Waals surface area contributed by atoms with Crippen LogP contribution in [0.3, 0.4) is 0 Å². The van der Waals surface area contributed by atoms with Crippen LogP contribution in [0.4, 0.5) is 5.69 Å². The van der Waals surface area contributed by atoms with Crippen LogP contribution in [0.5, 0.6) is 0 Å². The molecule has 27 heavy (non-hydrogen) atoms. The van der Waals surface area contributed by atoms with Crippen molar-refractivity contribution >= 4 is 32.6 Å². The Hall–Kier alpha value is -2.71. The van der Waals surface area contributed by atoms with Crippen LogP contribution in [0.2, 0.25) is 0 Å². The summed E-state index contributed by atoms with van der Waals surface area (Å²) in [5.74, 6) is -0.616. The summed E-state index contributed by atoms with van der Waals surface area (Å²) >= 11 is 0. The molecule has 3 aromatic rings. The van der Waals surface area contributed by atoms with Crippen molar-refractivity contribution in [3.8, 4) is 11.1 Å². The first-order chi connectivity index (χ1) is 12.7. The molecule has 1 aromatic carbocycles. The molecule has 0 aliphatic carbocycles. The van der Waals surface area contributed by atoms with Crippen LogP contribution in [0.15, 0.2) is 42.7 Å². The zero-order chi connectivity index (χ0) is 19.6. The highest BCUT2D eigenvalue weighted by molar-refractivity contribution is 7.85. The molecule has 2 heterocycles. The Morgan fingerprint density at radius 3 is 2.52 bits per heavy atom. The van der Waals surface area contributed by atoms with Crippen LogP contribution in [0, 0.1) is 0 Å². The molecule has 142 valence electrons. The number of carbonyl (C=O) groups is 1. The molecule has 0 aliphatic heterocycles. The zero-order valence-electron chi connectivity index (χ0n) is 15.1. The largest absolute Gasteiger partial charge is 0.378 e. The van der Waals surface area contributed by atoms with E-state index in [9.17, 15) is 13.2 Å². The van der Waals surface area contributed by atoms with Gasteiger partial charge in [-0.2, -0.15) is 8.42 Å². The summed E-state index contributed by atoms with van der Waals surface area (Å²) in [6.45, 7) is 0. The Labute approximate surface area is 157 Å². The smallest absolute Gasteiger partial charge is 0.264 e. The van der Waals surface area contributed by atoms with E-state index < -0.39 is 15.9 Å². The molecule has 0 aliphatic rings. The minimum atomic E-state index is -4.06. The molecule has 7 nitrogen and oxygen atoms in total. The maximum atomic E-state index is 12.4. The molecule has 3 rings (SSSR count). The van der Waals surface area contributed by atoms with Crippen LogP contribution in [0.25, 0.3) is 22.2 Å². The summed E-state index contributed by atoms with van der Waals surface area (Å²) in [6.07, 6.45) is 3.44. The molecular formula is C19H21N3O4S. The van der Waals surface area contributed by atoms with E-state index in [1.165, 1.54) is 0 Å². The van der Waals surface area contributed by atoms with E-state index in [1.54, 1.807) is 12.4 Å². The van der Waals surface area contributed by atoms with Crippen molar-refractivity contribution in [2.24, 2.45) is 0 Å². The van der Waals surface area contributed by atoms with Crippen LogP contribution in [-0.2, 0) is 10.1 Å². The molecule has 0 radical (unpaired) electrons. The van der Waals surface area contributed by atoms with Gasteiger partial charge in [0.25, 0.3) is 10.1 Å². The minimum Gasteiger partial charge on any atom is -0.378 e. The van der Waals surface area contributed by atoms with Gasteiger partial charge in [0, 0.05) is 55.1 Å². The number of aromatic amines is 1. The van der Waals surface area contributed by atoms with Crippen molar-refractivity contribution in [1.29, 1.82) is 0 Å². The van der Waals surface area contributed by atoms with Gasteiger partial charge in [0.1, 0.15) is 5.65 Å². The van der Waals surface area contributed by atoms with Crippen LogP contribution in [0.1, 0.15) is 23.2 Å². The van der Waals surface area contributed by atoms with E-state index in [0.717, 1.165) is 16.8 Å². The van der Waals surface area contributed by atoms with Gasteiger partial charge in [0.05, 0.1) is 5.75 Å². The number of fused-ring (bicyclic) bond motifs is 1. The first-order valence-corrected chi connectivity index (χ1v) is 10.1. The lowest BCUT2D eigenvalue weighted by molar-refractivity contribution is 0.0983. The Bertz CT molecular complexity index is 1070. The molecule has 0 unspecified atom stereocenters. The normalized spacial score (nSPS) is 11.7. The first kappa shape index (κ1) is 19.1. The number of ketones is 1. The molecule has 0 fully saturated rings. The second kappa shape index (κ2) is 7.50. The van der Waals surface area contributed by atoms with Gasteiger partial charge in [-0.05, 0) is 30.2 Å². The molecule has 0 saturated carbocycles. The summed E-state index contributed by atoms with van der Waals surface area (Å²) in [6, 6.07) is 9.92. The van der Waals surface area contributed by atoms with Crippen molar-refractivity contribution in [3.63, 3.8) is 0 Å². The van der Waals surface area contributed by atoms with Gasteiger partial charge < -0.3 is 9.88 Å². The van der Waals surface area contributed by atoms with Gasteiger partial charge in [-0.3, -0.25) is 9.35 Å². The highest BCUT2D eigenvalue weighted by atomic mass is 32.2. The van der Waals surface area contributed by atoms with Crippen molar-refractivity contribution in [2.45, 2.75) is 12.8 Å². The van der Waals surface area contributed by atoms with E-state index in [2.05, 4.69) is 9.97 Å². The van der Waals surface area contributed by atoms with Gasteiger partial charge in [0.2, 0.25) is 0 Å². The number of hydrogen-bond acceptors (Lipinski definition) is 5. The minimum absolute atomic E-state index is 0.0362. The number of nitrogens with one attached hydrogen (secondary N) is 1. The summed E-state index contributed by atoms with van der Waals surface area (Å²) in [5.41, 5.74) is 4.03. The third-order valence-corrected chi connectivity index (χ3v) is 5.16. The summed E-state index contributed by atoms with van der Waals surface area (Å²) in [7, 11) is -0.110. The first-order valence-electron chi connectivity index (χ1n) is 8.48. The average Bonchev–Trinajstić information content (AvgIpc) is 3.04. The van der Waals surface area contributed by atoms with Crippen molar-refractivity contribution in [1.82, 2.24) is 9.97 Å². The highest BCUT2D eigenvalue weighted by Gasteiger charge is 2.15. The van der Waals surface area contributed by atoms with Crippen LogP contribution in [-0.4, -0.2) is 48.6 Å². The van der Waals surface area contributed by atoms with E-state index in [4.69, 9.17) is 4.55 Å². The summed E-state index contributed by atoms with van der Waals surface area (Å²) < 4.78 is 30.4. The van der Waals surface area contributed by atoms with Crippen molar-refractivity contribution in [3.05, 3.63) is 48.3 Å². The lowest BCUT2D eigenvalue weighted by Crippen LogP contribution is -2.07. The van der Waals surface area contributed by atoms with E-state index >= 15 is 0 Å². The number of rotatable bonds is 7. The number of pyridine rings is 1. The average molecular weight is 387 g/mol. The summed E-state index contributed by atoms with van der Waals surface area (Å²) in [5, 5.41) is 0.695. The number of H-pyrrole nitrogens is 1. The molecule has 0 spiro atoms. The Balaban J connectivity index is 1.86. The SMILES string of the molecule is CN(C)c1ccc(-c2cnc3[nH]cc(C(=O)CCCS(=O)(=O)O)c3c2)cc1. The van der Waals surface area contributed by atoms with Gasteiger partial charge >= 0.3 is 0 Å². The van der Waals surface area contributed by atoms with Gasteiger partial charge in [-0.25, -0.2) is 4.98 Å². The fourth-order valence-corrected chi connectivity index (χ4v) is 3.40. The molecule has 2 N–H and O–H groups in total. The summed E-state index contributed by atoms with van der Waals surface area (Å²) in [4.78, 5) is 21.8. The fraction of sp³-hybridized carbons (Fsp3) is 0.263. The van der Waals surface area contributed by atoms with Gasteiger partial charge in [0.15, 0.2) is 5.78 Å². The predicted octanol–water partition coefficient (Wildman–Crippen LogP) is 3.15. The maximum absolute atomic E-state index is 12.4. The second-order valence-electron chi connectivity index (χ2n) is 6.58. The Morgan fingerprint density at radius 1 is 1.19 bits per heavy atom. The van der Waals surface area contributed by atoms with Gasteiger partial charge in [-0.1, -0.05) is 12.1 Å². The van der Waals surface area contributed by atoms with E-state index in [1.807, 2.05) is 49.3 Å². The highest BCUT2D eigenvalue weighted by Crippen LogP contribution is 2.27. The number of nitrogens with zero attached hydrogens (tertiary/aromatic N) is 2. The standard InChI is InChI=1S/C19H21N3O4S/c1-22(2)15-7-5-13(6-8-15)14-10-16-17(12-21-19(16)20-11-14)18(23)4-3-9-27(24,25)26/h5-8,10-12H,3-4,9H2,1-2H3,(H,20,21)(H,24,25,26). The lowest BCUT2D eigenvalue weighted by atomic mass is 10.0. The molecule has 0 atom stereocenters. The Kier molecular flexibility index (Phi) is 5.29. The van der Waals surface area contributed by atoms with Crippen LogP contribution >= 0.6 is 0 Å². The fourth-order valence-electron chi connectivity index (χ4n) is 2.89. The quantitative estimate of drug-likeness (QED) is 0.477. The number of carbonyl (C=O) groups excluding carboxylic acids is 1. The molecule has 0 saturated heterocycles. The van der Waals surface area contributed by atoms with E-state index in [-0.39, 0.29) is 18.6 Å². The number of anilines is 1. The van der Waals surface area contributed by atoms with E-state index in [0.29, 0.717) is 16.6 Å². The third-order valence-electron chi connectivity index (χ3n) is 4.35. The zero-order valence-corrected chi connectivity index (χ0v) is 16.0. The Morgan fingerprint density at radius 2 is 1.89 bits per heavy atom. The molecule has 2 aromatic heterocycles. The predicted molar refractivity (Wildman–Crippen MR) is 106 cm³/mol. The van der Waals surface area contributed by atoms with Gasteiger partial charge in [-0.15, -0.1) is 0 Å². The third kappa shape index (κ3) is 4.53. The molecule has 0 bridgehead atoms. The molecule has 0 amide bonds. The van der Waals surface area contributed by atoms with Crippen molar-refractivity contribution in [2.75, 3.05) is 24.7 Å².